The van der Waals surface area contributed by atoms with Crippen LogP contribution in [-0.4, -0.2) is 40.9 Å². The van der Waals surface area contributed by atoms with Gasteiger partial charge in [-0.2, -0.15) is 5.10 Å². The number of halogens is 2. The van der Waals surface area contributed by atoms with Crippen LogP contribution in [0.1, 0.15) is 12.0 Å². The van der Waals surface area contributed by atoms with E-state index in [0.29, 0.717) is 28.8 Å². The minimum Gasteiger partial charge on any atom is -0.484 e. The molecule has 5 rings (SSSR count). The van der Waals surface area contributed by atoms with Crippen molar-refractivity contribution in [2.45, 2.75) is 19.4 Å². The van der Waals surface area contributed by atoms with E-state index in [2.05, 4.69) is 26.5 Å². The van der Waals surface area contributed by atoms with Crippen LogP contribution in [0.2, 0.25) is 5.02 Å². The molecule has 0 radical (unpaired) electrons. The quantitative estimate of drug-likeness (QED) is 0.411. The molecule has 182 valence electrons. The van der Waals surface area contributed by atoms with Crippen LogP contribution in [0.4, 0.5) is 15.9 Å². The molecular formula is C23H23ClFN7O3. The van der Waals surface area contributed by atoms with Gasteiger partial charge in [0.1, 0.15) is 23.6 Å². The highest BCUT2D eigenvalue weighted by Gasteiger charge is 2.45. The summed E-state index contributed by atoms with van der Waals surface area (Å²) in [6.07, 6.45) is -1.06. The number of hydrazine groups is 1. The number of amides is 2. The first-order valence-electron chi connectivity index (χ1n) is 11.0. The Labute approximate surface area is 205 Å². The molecule has 2 saturated heterocycles. The van der Waals surface area contributed by atoms with Crippen molar-refractivity contribution >= 4 is 34.9 Å². The van der Waals surface area contributed by atoms with E-state index in [0.717, 1.165) is 5.69 Å². The number of ether oxygens (including phenoxy) is 1. The van der Waals surface area contributed by atoms with Crippen molar-refractivity contribution in [3.05, 3.63) is 71.1 Å². The van der Waals surface area contributed by atoms with Crippen LogP contribution in [0.5, 0.6) is 5.75 Å². The summed E-state index contributed by atoms with van der Waals surface area (Å²) >= 11 is 6.02. The lowest BCUT2D eigenvalue weighted by Gasteiger charge is -2.37. The summed E-state index contributed by atoms with van der Waals surface area (Å²) in [5, 5.41) is 16.0. The molecule has 0 aliphatic carbocycles. The predicted octanol–water partition coefficient (Wildman–Crippen LogP) is 2.14. The van der Waals surface area contributed by atoms with Crippen molar-refractivity contribution in [1.82, 2.24) is 25.8 Å². The summed E-state index contributed by atoms with van der Waals surface area (Å²) in [6, 6.07) is 14.4. The number of aryl methyl sites for hydroxylation is 1. The summed E-state index contributed by atoms with van der Waals surface area (Å²) in [5.41, 5.74) is 4.75. The molecule has 3 unspecified atom stereocenters. The number of anilines is 2. The van der Waals surface area contributed by atoms with Crippen molar-refractivity contribution < 1.29 is 18.7 Å². The SMILES string of the molecule is Cc1cc(NC(=O)COc2ccc(F)cc2)n(C2NC(=O)C3CNN(c4ccc(Cl)cc4)C3N2)n1. The van der Waals surface area contributed by atoms with Gasteiger partial charge in [0.05, 0.1) is 17.3 Å². The summed E-state index contributed by atoms with van der Waals surface area (Å²) < 4.78 is 20.0. The molecule has 12 heteroatoms. The molecule has 1 aromatic heterocycles. The van der Waals surface area contributed by atoms with Crippen LogP contribution in [0, 0.1) is 18.7 Å². The van der Waals surface area contributed by atoms with Gasteiger partial charge in [0, 0.05) is 17.6 Å². The zero-order valence-electron chi connectivity index (χ0n) is 18.7. The van der Waals surface area contributed by atoms with E-state index in [1.54, 1.807) is 25.1 Å². The smallest absolute Gasteiger partial charge is 0.263 e. The van der Waals surface area contributed by atoms with Crippen molar-refractivity contribution in [2.75, 3.05) is 23.5 Å². The van der Waals surface area contributed by atoms with E-state index in [1.165, 1.54) is 28.9 Å². The number of nitrogens with zero attached hydrogens (tertiary/aromatic N) is 3. The molecule has 4 N–H and O–H groups in total. The van der Waals surface area contributed by atoms with Crippen molar-refractivity contribution in [3.8, 4) is 5.75 Å². The molecule has 35 heavy (non-hydrogen) atoms. The molecule has 3 aromatic rings. The summed E-state index contributed by atoms with van der Waals surface area (Å²) in [7, 11) is 0. The zero-order chi connectivity index (χ0) is 24.5. The second-order valence-corrected chi connectivity index (χ2v) is 8.68. The first-order chi connectivity index (χ1) is 16.9. The van der Waals surface area contributed by atoms with Crippen molar-refractivity contribution in [2.24, 2.45) is 5.92 Å². The number of nitrogens with one attached hydrogen (secondary N) is 4. The van der Waals surface area contributed by atoms with E-state index in [1.807, 2.05) is 17.1 Å². The van der Waals surface area contributed by atoms with E-state index in [4.69, 9.17) is 16.3 Å². The van der Waals surface area contributed by atoms with E-state index < -0.39 is 18.0 Å². The second-order valence-electron chi connectivity index (χ2n) is 8.24. The maximum absolute atomic E-state index is 13.0. The number of carbonyl (C=O) groups excluding carboxylic acids is 2. The highest BCUT2D eigenvalue weighted by atomic mass is 35.5. The summed E-state index contributed by atoms with van der Waals surface area (Å²) in [5.74, 6) is -0.545. The fraction of sp³-hybridized carbons (Fsp3) is 0.261. The lowest BCUT2D eigenvalue weighted by atomic mass is 10.0. The molecule has 2 aromatic carbocycles. The van der Waals surface area contributed by atoms with Gasteiger partial charge in [-0.25, -0.2) is 14.5 Å². The standard InChI is InChI=1S/C23H23ClFN7O3/c1-13-10-19(27-20(33)12-35-17-8-4-15(25)5-9-17)32(30-13)23-28-21-18(22(34)29-23)11-26-31(21)16-6-2-14(24)3-7-16/h2-10,18,21,23,26,28H,11-12H2,1H3,(H,27,33)(H,29,34). The Morgan fingerprint density at radius 2 is 1.97 bits per heavy atom. The number of fused-ring (bicyclic) bond motifs is 1. The first-order valence-corrected chi connectivity index (χ1v) is 11.3. The average molecular weight is 500 g/mol. The molecule has 2 aliphatic heterocycles. The lowest BCUT2D eigenvalue weighted by Crippen LogP contribution is -2.61. The van der Waals surface area contributed by atoms with Crippen LogP contribution in [-0.2, 0) is 9.59 Å². The van der Waals surface area contributed by atoms with Crippen LogP contribution in [0.15, 0.2) is 54.6 Å². The molecule has 2 aliphatic rings. The number of hydrogen-bond acceptors (Lipinski definition) is 7. The third-order valence-corrected chi connectivity index (χ3v) is 6.00. The van der Waals surface area contributed by atoms with Gasteiger partial charge in [0.25, 0.3) is 5.91 Å². The molecule has 10 nitrogen and oxygen atoms in total. The van der Waals surface area contributed by atoms with E-state index in [-0.39, 0.29) is 24.6 Å². The largest absolute Gasteiger partial charge is 0.484 e. The summed E-state index contributed by atoms with van der Waals surface area (Å²) in [6.45, 7) is 1.96. The monoisotopic (exact) mass is 499 g/mol. The van der Waals surface area contributed by atoms with Crippen LogP contribution in [0.25, 0.3) is 0 Å². The number of aromatic nitrogens is 2. The fourth-order valence-electron chi connectivity index (χ4n) is 4.11. The van der Waals surface area contributed by atoms with E-state index in [9.17, 15) is 14.0 Å². The molecule has 0 saturated carbocycles. The zero-order valence-corrected chi connectivity index (χ0v) is 19.4. The van der Waals surface area contributed by atoms with Gasteiger partial charge in [-0.1, -0.05) is 11.6 Å². The number of hydrogen-bond donors (Lipinski definition) is 4. The Bertz CT molecular complexity index is 1230. The minimum atomic E-state index is -0.708. The van der Waals surface area contributed by atoms with Crippen molar-refractivity contribution in [1.29, 1.82) is 0 Å². The van der Waals surface area contributed by atoms with Gasteiger partial charge < -0.3 is 15.4 Å². The van der Waals surface area contributed by atoms with Gasteiger partial charge >= 0.3 is 0 Å². The number of benzene rings is 2. The second kappa shape index (κ2) is 9.53. The molecular weight excluding hydrogens is 477 g/mol. The molecule has 2 fully saturated rings. The summed E-state index contributed by atoms with van der Waals surface area (Å²) in [4.78, 5) is 25.4. The molecule has 3 atom stereocenters. The topological polar surface area (TPSA) is 113 Å². The normalized spacial score (nSPS) is 21.4. The van der Waals surface area contributed by atoms with Crippen LogP contribution < -0.4 is 31.1 Å². The Hall–Kier alpha value is -3.67. The lowest BCUT2D eigenvalue weighted by molar-refractivity contribution is -0.129. The highest BCUT2D eigenvalue weighted by molar-refractivity contribution is 6.30. The number of carbonyl (C=O) groups is 2. The maximum atomic E-state index is 13.0. The predicted molar refractivity (Wildman–Crippen MR) is 127 cm³/mol. The van der Waals surface area contributed by atoms with Gasteiger partial charge in [0.2, 0.25) is 5.91 Å². The Morgan fingerprint density at radius 1 is 1.23 bits per heavy atom. The van der Waals surface area contributed by atoms with Crippen molar-refractivity contribution in [3.63, 3.8) is 0 Å². The van der Waals surface area contributed by atoms with Gasteiger partial charge in [-0.3, -0.25) is 19.9 Å². The maximum Gasteiger partial charge on any atom is 0.263 e. The molecule has 2 amide bonds. The fourth-order valence-corrected chi connectivity index (χ4v) is 4.24. The average Bonchev–Trinajstić information content (AvgIpc) is 3.43. The third kappa shape index (κ3) is 4.92. The third-order valence-electron chi connectivity index (χ3n) is 5.74. The van der Waals surface area contributed by atoms with Gasteiger partial charge in [-0.05, 0) is 55.5 Å². The van der Waals surface area contributed by atoms with Crippen LogP contribution >= 0.6 is 11.6 Å². The van der Waals surface area contributed by atoms with Crippen LogP contribution in [0.3, 0.4) is 0 Å². The van der Waals surface area contributed by atoms with Gasteiger partial charge in [-0.15, -0.1) is 0 Å². The Balaban J connectivity index is 1.30. The number of rotatable bonds is 6. The first kappa shape index (κ1) is 23.1. The Kier molecular flexibility index (Phi) is 6.29. The Morgan fingerprint density at radius 3 is 2.71 bits per heavy atom. The minimum absolute atomic E-state index is 0.146. The molecule has 3 heterocycles. The van der Waals surface area contributed by atoms with E-state index >= 15 is 0 Å². The highest BCUT2D eigenvalue weighted by Crippen LogP contribution is 2.28. The van der Waals surface area contributed by atoms with Gasteiger partial charge in [0.15, 0.2) is 12.9 Å². The molecule has 0 spiro atoms. The molecule has 0 bridgehead atoms.